The van der Waals surface area contributed by atoms with E-state index in [2.05, 4.69) is 4.98 Å². The van der Waals surface area contributed by atoms with Gasteiger partial charge in [-0.3, -0.25) is 0 Å². The zero-order valence-electron chi connectivity index (χ0n) is 12.1. The monoisotopic (exact) mass is 258 g/mol. The third-order valence-electron chi connectivity index (χ3n) is 2.73. The molecule has 3 nitrogen and oxygen atoms in total. The summed E-state index contributed by atoms with van der Waals surface area (Å²) in [6.45, 7) is 6.54. The minimum Gasteiger partial charge on any atom is -0.481 e. The molecule has 1 aromatic heterocycles. The lowest BCUT2D eigenvalue weighted by atomic mass is 10.1. The van der Waals surface area contributed by atoms with Crippen LogP contribution in [-0.2, 0) is 6.54 Å². The number of nitrogens with two attached hydrogens (primary N) is 1. The maximum absolute atomic E-state index is 5.57. The number of hydrogen-bond acceptors (Lipinski definition) is 3. The van der Waals surface area contributed by atoms with E-state index in [1.807, 2.05) is 57.2 Å². The largest absolute Gasteiger partial charge is 0.481 e. The van der Waals surface area contributed by atoms with E-state index in [1.54, 1.807) is 7.11 Å². The van der Waals surface area contributed by atoms with Gasteiger partial charge in [0.25, 0.3) is 0 Å². The summed E-state index contributed by atoms with van der Waals surface area (Å²) in [5.41, 5.74) is 9.71. The highest BCUT2D eigenvalue weighted by molar-refractivity contribution is 5.60. The molecule has 1 aromatic carbocycles. The van der Waals surface area contributed by atoms with Crippen LogP contribution in [0.4, 0.5) is 0 Å². The lowest BCUT2D eigenvalue weighted by Gasteiger charge is -2.07. The zero-order chi connectivity index (χ0) is 14.3. The van der Waals surface area contributed by atoms with E-state index in [-0.39, 0.29) is 0 Å². The fourth-order valence-electron chi connectivity index (χ4n) is 1.69. The first-order valence-electron chi connectivity index (χ1n) is 6.55. The maximum Gasteiger partial charge on any atom is 0.216 e. The van der Waals surface area contributed by atoms with Crippen molar-refractivity contribution in [3.05, 3.63) is 47.5 Å². The van der Waals surface area contributed by atoms with E-state index in [4.69, 9.17) is 10.5 Å². The first-order chi connectivity index (χ1) is 9.24. The van der Waals surface area contributed by atoms with Gasteiger partial charge in [-0.25, -0.2) is 4.98 Å². The highest BCUT2D eigenvalue weighted by Crippen LogP contribution is 2.22. The molecule has 0 saturated carbocycles. The quantitative estimate of drug-likeness (QED) is 0.915. The number of aryl methyl sites for hydroxylation is 1. The molecule has 0 radical (unpaired) electrons. The van der Waals surface area contributed by atoms with Crippen molar-refractivity contribution in [1.82, 2.24) is 4.98 Å². The highest BCUT2D eigenvalue weighted by Gasteiger charge is 2.04. The van der Waals surface area contributed by atoms with Gasteiger partial charge in [0.05, 0.1) is 12.8 Å². The SMILES string of the molecule is CC.COc1nc(-c2ccc(CN)cc2)ccc1C. The van der Waals surface area contributed by atoms with Crippen LogP contribution in [0.2, 0.25) is 0 Å². The Morgan fingerprint density at radius 1 is 1.05 bits per heavy atom. The Morgan fingerprint density at radius 2 is 1.68 bits per heavy atom. The van der Waals surface area contributed by atoms with Gasteiger partial charge in [0.1, 0.15) is 0 Å². The topological polar surface area (TPSA) is 48.1 Å². The van der Waals surface area contributed by atoms with Gasteiger partial charge >= 0.3 is 0 Å². The molecular weight excluding hydrogens is 236 g/mol. The second-order valence-corrected chi connectivity index (χ2v) is 3.92. The van der Waals surface area contributed by atoms with Crippen LogP contribution in [-0.4, -0.2) is 12.1 Å². The van der Waals surface area contributed by atoms with Gasteiger partial charge < -0.3 is 10.5 Å². The summed E-state index contributed by atoms with van der Waals surface area (Å²) in [6, 6.07) is 12.1. The molecule has 19 heavy (non-hydrogen) atoms. The predicted octanol–water partition coefficient (Wildman–Crippen LogP) is 3.55. The summed E-state index contributed by atoms with van der Waals surface area (Å²) in [4.78, 5) is 4.46. The molecule has 0 amide bonds. The predicted molar refractivity (Wildman–Crippen MR) is 80.2 cm³/mol. The summed E-state index contributed by atoms with van der Waals surface area (Å²) in [7, 11) is 1.64. The number of benzene rings is 1. The van der Waals surface area contributed by atoms with Crippen molar-refractivity contribution in [1.29, 1.82) is 0 Å². The Hall–Kier alpha value is -1.87. The molecule has 0 unspecified atom stereocenters. The molecule has 0 saturated heterocycles. The smallest absolute Gasteiger partial charge is 0.216 e. The molecule has 0 atom stereocenters. The van der Waals surface area contributed by atoms with Gasteiger partial charge in [-0.05, 0) is 18.6 Å². The minimum absolute atomic E-state index is 0.560. The molecule has 0 aliphatic rings. The summed E-state index contributed by atoms with van der Waals surface area (Å²) in [5, 5.41) is 0. The summed E-state index contributed by atoms with van der Waals surface area (Å²) >= 11 is 0. The molecule has 2 N–H and O–H groups in total. The third-order valence-corrected chi connectivity index (χ3v) is 2.73. The van der Waals surface area contributed by atoms with E-state index in [1.165, 1.54) is 0 Å². The van der Waals surface area contributed by atoms with Gasteiger partial charge in [-0.2, -0.15) is 0 Å². The van der Waals surface area contributed by atoms with Crippen molar-refractivity contribution >= 4 is 0 Å². The first kappa shape index (κ1) is 15.2. The van der Waals surface area contributed by atoms with Crippen LogP contribution in [0, 0.1) is 6.92 Å². The van der Waals surface area contributed by atoms with E-state index in [0.717, 1.165) is 22.4 Å². The Morgan fingerprint density at radius 3 is 2.21 bits per heavy atom. The lowest BCUT2D eigenvalue weighted by Crippen LogP contribution is -1.96. The van der Waals surface area contributed by atoms with Crippen molar-refractivity contribution in [3.63, 3.8) is 0 Å². The Labute approximate surface area is 115 Å². The van der Waals surface area contributed by atoms with Crippen LogP contribution < -0.4 is 10.5 Å². The van der Waals surface area contributed by atoms with Crippen molar-refractivity contribution in [3.8, 4) is 17.1 Å². The van der Waals surface area contributed by atoms with Crippen LogP contribution in [0.1, 0.15) is 25.0 Å². The van der Waals surface area contributed by atoms with Crippen molar-refractivity contribution < 1.29 is 4.74 Å². The number of nitrogens with zero attached hydrogens (tertiary/aromatic N) is 1. The van der Waals surface area contributed by atoms with E-state index in [9.17, 15) is 0 Å². The van der Waals surface area contributed by atoms with Gasteiger partial charge in [-0.15, -0.1) is 0 Å². The Bertz CT molecular complexity index is 507. The normalized spacial score (nSPS) is 9.53. The molecule has 2 aromatic rings. The molecule has 0 fully saturated rings. The molecule has 1 heterocycles. The number of hydrogen-bond donors (Lipinski definition) is 1. The van der Waals surface area contributed by atoms with Gasteiger partial charge in [0.15, 0.2) is 0 Å². The summed E-state index contributed by atoms with van der Waals surface area (Å²) in [6.07, 6.45) is 0. The summed E-state index contributed by atoms with van der Waals surface area (Å²) in [5.74, 6) is 0.672. The maximum atomic E-state index is 5.57. The second kappa shape index (κ2) is 7.54. The van der Waals surface area contributed by atoms with E-state index >= 15 is 0 Å². The van der Waals surface area contributed by atoms with E-state index < -0.39 is 0 Å². The molecule has 0 aliphatic heterocycles. The van der Waals surface area contributed by atoms with Crippen LogP contribution in [0.15, 0.2) is 36.4 Å². The standard InChI is InChI=1S/C14H16N2O.C2H6/c1-10-3-8-13(16-14(10)17-2)12-6-4-11(9-15)5-7-12;1-2/h3-8H,9,15H2,1-2H3;1-2H3. The van der Waals surface area contributed by atoms with Crippen LogP contribution in [0.25, 0.3) is 11.3 Å². The number of methoxy groups -OCH3 is 1. The fourth-order valence-corrected chi connectivity index (χ4v) is 1.69. The third kappa shape index (κ3) is 3.80. The molecule has 0 bridgehead atoms. The van der Waals surface area contributed by atoms with Crippen LogP contribution in [0.5, 0.6) is 5.88 Å². The van der Waals surface area contributed by atoms with Crippen molar-refractivity contribution in [2.75, 3.05) is 7.11 Å². The average molecular weight is 258 g/mol. The van der Waals surface area contributed by atoms with Gasteiger partial charge in [0, 0.05) is 17.7 Å². The van der Waals surface area contributed by atoms with Gasteiger partial charge in [-0.1, -0.05) is 44.2 Å². The highest BCUT2D eigenvalue weighted by atomic mass is 16.5. The number of rotatable bonds is 3. The van der Waals surface area contributed by atoms with Crippen LogP contribution >= 0.6 is 0 Å². The molecular formula is C16H22N2O. The Balaban J connectivity index is 0.000000861. The molecule has 0 spiro atoms. The van der Waals surface area contributed by atoms with Crippen molar-refractivity contribution in [2.45, 2.75) is 27.3 Å². The molecule has 0 aliphatic carbocycles. The van der Waals surface area contributed by atoms with Crippen LogP contribution in [0.3, 0.4) is 0 Å². The Kier molecular flexibility index (Phi) is 6.03. The lowest BCUT2D eigenvalue weighted by molar-refractivity contribution is 0.395. The number of aromatic nitrogens is 1. The van der Waals surface area contributed by atoms with E-state index in [0.29, 0.717) is 12.4 Å². The number of pyridine rings is 1. The molecule has 102 valence electrons. The number of ether oxygens (including phenoxy) is 1. The first-order valence-corrected chi connectivity index (χ1v) is 6.55. The fraction of sp³-hybridized carbons (Fsp3) is 0.312. The molecule has 3 heteroatoms. The van der Waals surface area contributed by atoms with Gasteiger partial charge in [0.2, 0.25) is 5.88 Å². The molecule has 2 rings (SSSR count). The second-order valence-electron chi connectivity index (χ2n) is 3.92. The summed E-state index contributed by atoms with van der Waals surface area (Å²) < 4.78 is 5.22. The van der Waals surface area contributed by atoms with Crippen molar-refractivity contribution in [2.24, 2.45) is 5.73 Å². The zero-order valence-corrected chi connectivity index (χ0v) is 12.1. The minimum atomic E-state index is 0.560. The average Bonchev–Trinajstić information content (AvgIpc) is 2.50.